The number of rotatable bonds is 8. The third-order valence-electron chi connectivity index (χ3n) is 7.15. The third kappa shape index (κ3) is 5.08. The van der Waals surface area contributed by atoms with Crippen LogP contribution < -0.4 is 22.1 Å². The van der Waals surface area contributed by atoms with Gasteiger partial charge in [0.1, 0.15) is 5.82 Å². The zero-order chi connectivity index (χ0) is 24.4. The quantitative estimate of drug-likeness (QED) is 0.390. The summed E-state index contributed by atoms with van der Waals surface area (Å²) in [5.74, 6) is -1.13. The highest BCUT2D eigenvalue weighted by Gasteiger charge is 2.25. The van der Waals surface area contributed by atoms with Crippen molar-refractivity contribution >= 4 is 34.1 Å². The molecular formula is C25H33FN8O. The van der Waals surface area contributed by atoms with Gasteiger partial charge >= 0.3 is 0 Å². The first-order chi connectivity index (χ1) is 17.0. The molecule has 1 aliphatic carbocycles. The van der Waals surface area contributed by atoms with Gasteiger partial charge in [0.05, 0.1) is 29.5 Å². The normalized spacial score (nSPS) is 20.9. The van der Waals surface area contributed by atoms with E-state index in [0.29, 0.717) is 0 Å². The molecule has 1 aromatic carbocycles. The van der Waals surface area contributed by atoms with Gasteiger partial charge in [0.2, 0.25) is 0 Å². The molecule has 1 saturated heterocycles. The van der Waals surface area contributed by atoms with Crippen molar-refractivity contribution in [1.29, 1.82) is 0 Å². The van der Waals surface area contributed by atoms with Crippen LogP contribution in [-0.2, 0) is 6.54 Å². The zero-order valence-corrected chi connectivity index (χ0v) is 19.8. The van der Waals surface area contributed by atoms with Crippen molar-refractivity contribution in [3.63, 3.8) is 0 Å². The van der Waals surface area contributed by atoms with Crippen LogP contribution >= 0.6 is 0 Å². The van der Waals surface area contributed by atoms with E-state index in [1.54, 1.807) is 6.20 Å². The van der Waals surface area contributed by atoms with E-state index in [9.17, 15) is 9.18 Å². The van der Waals surface area contributed by atoms with Gasteiger partial charge in [-0.2, -0.15) is 5.10 Å². The molecule has 10 heteroatoms. The number of carbonyl (C=O) groups excluding carboxylic acids is 1. The Labute approximate surface area is 204 Å². The monoisotopic (exact) mass is 480 g/mol. The number of carbonyl (C=O) groups is 1. The molecule has 186 valence electrons. The molecule has 3 heterocycles. The van der Waals surface area contributed by atoms with E-state index < -0.39 is 11.7 Å². The van der Waals surface area contributed by atoms with Crippen LogP contribution in [0.2, 0.25) is 0 Å². The Morgan fingerprint density at radius 3 is 2.69 bits per heavy atom. The Morgan fingerprint density at radius 2 is 1.91 bits per heavy atom. The van der Waals surface area contributed by atoms with Crippen LogP contribution in [0.5, 0.6) is 0 Å². The number of benzene rings is 1. The minimum atomic E-state index is -0.756. The summed E-state index contributed by atoms with van der Waals surface area (Å²) in [5, 5.41) is 11.8. The SMILES string of the molecule is NC(=O)c1cc(F)c(N[C@@H]2CCCC[C@@H]2N)nc1Nc1cccc2c1cnn2CCN1CCCC1. The Balaban J connectivity index is 1.42. The van der Waals surface area contributed by atoms with Crippen LogP contribution in [0.3, 0.4) is 0 Å². The van der Waals surface area contributed by atoms with Gasteiger partial charge in [-0.3, -0.25) is 9.48 Å². The predicted octanol–water partition coefficient (Wildman–Crippen LogP) is 3.19. The Hall–Kier alpha value is -3.24. The highest BCUT2D eigenvalue weighted by Crippen LogP contribution is 2.30. The maximum Gasteiger partial charge on any atom is 0.252 e. The Morgan fingerprint density at radius 1 is 1.11 bits per heavy atom. The largest absolute Gasteiger partial charge is 0.365 e. The van der Waals surface area contributed by atoms with Crippen molar-refractivity contribution in [2.75, 3.05) is 30.3 Å². The summed E-state index contributed by atoms with van der Waals surface area (Å²) < 4.78 is 16.9. The molecule has 2 aromatic heterocycles. The fourth-order valence-corrected chi connectivity index (χ4v) is 5.15. The molecule has 5 rings (SSSR count). The highest BCUT2D eigenvalue weighted by atomic mass is 19.1. The van der Waals surface area contributed by atoms with Gasteiger partial charge in [0, 0.05) is 24.0 Å². The van der Waals surface area contributed by atoms with Crippen molar-refractivity contribution in [1.82, 2.24) is 19.7 Å². The second kappa shape index (κ2) is 10.2. The van der Waals surface area contributed by atoms with Gasteiger partial charge in [-0.1, -0.05) is 18.9 Å². The minimum Gasteiger partial charge on any atom is -0.365 e. The number of amides is 1. The van der Waals surface area contributed by atoms with Gasteiger partial charge in [0.25, 0.3) is 5.91 Å². The fourth-order valence-electron chi connectivity index (χ4n) is 5.15. The molecular weight excluding hydrogens is 447 g/mol. The number of pyridine rings is 1. The molecule has 6 N–H and O–H groups in total. The molecule has 0 bridgehead atoms. The number of aromatic nitrogens is 3. The van der Waals surface area contributed by atoms with E-state index in [0.717, 1.165) is 74.5 Å². The number of halogens is 1. The standard InChI is InChI=1S/C25H33FN8O/c26-18-14-16(23(28)35)24(32-25(18)31-21-7-2-1-6-19(21)27)30-20-8-5-9-22-17(20)15-29-34(22)13-12-33-10-3-4-11-33/h5,8-9,14-15,19,21H,1-4,6-7,10-13,27H2,(H2,28,35)(H2,30,31,32)/t19-,21+/m0/s1. The smallest absolute Gasteiger partial charge is 0.252 e. The molecule has 2 atom stereocenters. The van der Waals surface area contributed by atoms with E-state index in [1.807, 2.05) is 22.9 Å². The first-order valence-electron chi connectivity index (χ1n) is 12.5. The number of likely N-dealkylation sites (tertiary alicyclic amines) is 1. The van der Waals surface area contributed by atoms with Crippen molar-refractivity contribution in [3.8, 4) is 0 Å². The van der Waals surface area contributed by atoms with Crippen LogP contribution in [0, 0.1) is 5.82 Å². The number of nitrogens with two attached hydrogens (primary N) is 2. The maximum absolute atomic E-state index is 14.9. The van der Waals surface area contributed by atoms with E-state index in [2.05, 4.69) is 25.6 Å². The van der Waals surface area contributed by atoms with E-state index in [1.165, 1.54) is 12.8 Å². The third-order valence-corrected chi connectivity index (χ3v) is 7.15. The van der Waals surface area contributed by atoms with Crippen LogP contribution in [-0.4, -0.2) is 57.3 Å². The predicted molar refractivity (Wildman–Crippen MR) is 135 cm³/mol. The van der Waals surface area contributed by atoms with Crippen LogP contribution in [0.15, 0.2) is 30.5 Å². The van der Waals surface area contributed by atoms with Crippen molar-refractivity contribution in [3.05, 3.63) is 41.8 Å². The van der Waals surface area contributed by atoms with Gasteiger partial charge in [-0.25, -0.2) is 9.37 Å². The van der Waals surface area contributed by atoms with Gasteiger partial charge in [0.15, 0.2) is 11.6 Å². The molecule has 2 aliphatic rings. The second-order valence-electron chi connectivity index (χ2n) is 9.56. The summed E-state index contributed by atoms with van der Waals surface area (Å²) in [7, 11) is 0. The van der Waals surface area contributed by atoms with Crippen molar-refractivity contribution in [2.24, 2.45) is 11.5 Å². The van der Waals surface area contributed by atoms with E-state index in [4.69, 9.17) is 11.5 Å². The van der Waals surface area contributed by atoms with E-state index >= 15 is 0 Å². The topological polar surface area (TPSA) is 127 Å². The molecule has 0 radical (unpaired) electrons. The summed E-state index contributed by atoms with van der Waals surface area (Å²) >= 11 is 0. The minimum absolute atomic E-state index is 0.0144. The fraction of sp³-hybridized carbons (Fsp3) is 0.480. The van der Waals surface area contributed by atoms with E-state index in [-0.39, 0.29) is 29.3 Å². The molecule has 1 saturated carbocycles. The zero-order valence-electron chi connectivity index (χ0n) is 19.8. The molecule has 1 amide bonds. The number of nitrogens with zero attached hydrogens (tertiary/aromatic N) is 4. The molecule has 2 fully saturated rings. The summed E-state index contributed by atoms with van der Waals surface area (Å²) in [5.41, 5.74) is 13.5. The highest BCUT2D eigenvalue weighted by molar-refractivity contribution is 6.00. The first-order valence-corrected chi connectivity index (χ1v) is 12.5. The summed E-state index contributed by atoms with van der Waals surface area (Å²) in [4.78, 5) is 19.0. The molecule has 0 spiro atoms. The molecule has 3 aromatic rings. The Kier molecular flexibility index (Phi) is 6.83. The molecule has 0 unspecified atom stereocenters. The van der Waals surface area contributed by atoms with Crippen molar-refractivity contribution < 1.29 is 9.18 Å². The lowest BCUT2D eigenvalue weighted by Crippen LogP contribution is -2.43. The maximum atomic E-state index is 14.9. The van der Waals surface area contributed by atoms with Gasteiger partial charge in [-0.15, -0.1) is 0 Å². The number of primary amides is 1. The van der Waals surface area contributed by atoms with Crippen molar-refractivity contribution in [2.45, 2.75) is 57.2 Å². The number of anilines is 3. The average Bonchev–Trinajstić information content (AvgIpc) is 3.51. The molecule has 35 heavy (non-hydrogen) atoms. The Bertz CT molecular complexity index is 1210. The average molecular weight is 481 g/mol. The summed E-state index contributed by atoms with van der Waals surface area (Å²) in [6.07, 6.45) is 8.13. The molecule has 1 aliphatic heterocycles. The number of hydrogen-bond donors (Lipinski definition) is 4. The lowest BCUT2D eigenvalue weighted by molar-refractivity contribution is 0.100. The first kappa shape index (κ1) is 23.5. The van der Waals surface area contributed by atoms with Crippen LogP contribution in [0.4, 0.5) is 21.7 Å². The van der Waals surface area contributed by atoms with Crippen LogP contribution in [0.25, 0.3) is 10.9 Å². The number of nitrogens with one attached hydrogen (secondary N) is 2. The summed E-state index contributed by atoms with van der Waals surface area (Å²) in [6, 6.07) is 6.81. The van der Waals surface area contributed by atoms with Crippen LogP contribution in [0.1, 0.15) is 48.9 Å². The number of fused-ring (bicyclic) bond motifs is 1. The van der Waals surface area contributed by atoms with Gasteiger partial charge in [-0.05, 0) is 57.0 Å². The number of hydrogen-bond acceptors (Lipinski definition) is 7. The summed E-state index contributed by atoms with van der Waals surface area (Å²) in [6.45, 7) is 4.03. The lowest BCUT2D eigenvalue weighted by Gasteiger charge is -2.30. The molecule has 9 nitrogen and oxygen atoms in total. The lowest BCUT2D eigenvalue weighted by atomic mass is 9.91. The second-order valence-corrected chi connectivity index (χ2v) is 9.56. The van der Waals surface area contributed by atoms with Gasteiger partial charge < -0.3 is 27.0 Å².